The van der Waals surface area contributed by atoms with Crippen molar-refractivity contribution in [1.29, 1.82) is 0 Å². The van der Waals surface area contributed by atoms with E-state index in [1.807, 2.05) is 42.5 Å². The van der Waals surface area contributed by atoms with Crippen molar-refractivity contribution in [3.05, 3.63) is 40.9 Å². The fraction of sp³-hybridized carbons (Fsp3) is 0.333. The first-order chi connectivity index (χ1) is 12.7. The Morgan fingerprint density at radius 3 is 2.35 bits per heavy atom. The number of carbonyl (C=O) groups is 2. The molecule has 0 atom stereocenters. The summed E-state index contributed by atoms with van der Waals surface area (Å²) in [5, 5.41) is 20.4. The van der Waals surface area contributed by atoms with Crippen molar-refractivity contribution in [2.24, 2.45) is 0 Å². The number of rotatable bonds is 10. The summed E-state index contributed by atoms with van der Waals surface area (Å²) >= 11 is 1.32. The second kappa shape index (κ2) is 11.1. The van der Waals surface area contributed by atoms with Gasteiger partial charge in [-0.3, -0.25) is 14.8 Å². The van der Waals surface area contributed by atoms with Gasteiger partial charge in [0.25, 0.3) is 0 Å². The quantitative estimate of drug-likeness (QED) is 0.335. The Balaban J connectivity index is 1.66. The summed E-state index contributed by atoms with van der Waals surface area (Å²) in [7, 11) is 0. The molecule has 0 aliphatic heterocycles. The molecular weight excluding hydrogens is 352 g/mol. The zero-order valence-electron chi connectivity index (χ0n) is 14.4. The third-order valence-electron chi connectivity index (χ3n) is 3.59. The molecule has 26 heavy (non-hydrogen) atoms. The number of hydrogen-bond acceptors (Lipinski definition) is 6. The van der Waals surface area contributed by atoms with Crippen molar-refractivity contribution in [3.63, 3.8) is 0 Å². The summed E-state index contributed by atoms with van der Waals surface area (Å²) in [6, 6.07) is 9.88. The molecule has 138 valence electrons. The molecule has 1 heterocycles. The summed E-state index contributed by atoms with van der Waals surface area (Å²) in [4.78, 5) is 22.7. The van der Waals surface area contributed by atoms with Gasteiger partial charge in [0.15, 0.2) is 0 Å². The second-order valence-electron chi connectivity index (χ2n) is 5.69. The Hall–Kier alpha value is -2.58. The Morgan fingerprint density at radius 1 is 0.962 bits per heavy atom. The van der Waals surface area contributed by atoms with Gasteiger partial charge in [-0.1, -0.05) is 60.6 Å². The van der Waals surface area contributed by atoms with E-state index in [0.717, 1.165) is 29.8 Å². The molecule has 3 N–H and O–H groups in total. The van der Waals surface area contributed by atoms with Crippen molar-refractivity contribution in [3.8, 4) is 0 Å². The number of benzene rings is 1. The Labute approximate surface area is 156 Å². The zero-order valence-corrected chi connectivity index (χ0v) is 15.2. The fourth-order valence-electron chi connectivity index (χ4n) is 2.25. The van der Waals surface area contributed by atoms with Crippen molar-refractivity contribution >= 4 is 40.4 Å². The molecule has 0 saturated carbocycles. The highest BCUT2D eigenvalue weighted by molar-refractivity contribution is 7.16. The zero-order chi connectivity index (χ0) is 18.6. The summed E-state index contributed by atoms with van der Waals surface area (Å²) in [6.45, 7) is 0. The number of anilines is 1. The second-order valence-corrected chi connectivity index (χ2v) is 6.70. The van der Waals surface area contributed by atoms with E-state index < -0.39 is 0 Å². The first kappa shape index (κ1) is 19.7. The van der Waals surface area contributed by atoms with Crippen LogP contribution in [0.1, 0.15) is 49.1 Å². The van der Waals surface area contributed by atoms with E-state index in [1.54, 1.807) is 5.48 Å². The fourth-order valence-corrected chi connectivity index (χ4v) is 2.91. The number of nitrogens with zero attached hydrogens (tertiary/aromatic N) is 2. The van der Waals surface area contributed by atoms with Gasteiger partial charge in [0.2, 0.25) is 16.9 Å². The third kappa shape index (κ3) is 7.54. The van der Waals surface area contributed by atoms with Gasteiger partial charge in [0.1, 0.15) is 5.01 Å². The van der Waals surface area contributed by atoms with Crippen LogP contribution in [0.15, 0.2) is 30.3 Å². The van der Waals surface area contributed by atoms with Crippen molar-refractivity contribution in [2.45, 2.75) is 38.5 Å². The molecule has 7 nitrogen and oxygen atoms in total. The molecule has 0 radical (unpaired) electrons. The molecule has 1 aromatic carbocycles. The SMILES string of the molecule is O=C(CCCCCCC(=O)Nc1nnc(C=Cc2ccccc2)s1)NO. The molecule has 0 aliphatic carbocycles. The van der Waals surface area contributed by atoms with E-state index in [-0.39, 0.29) is 11.8 Å². The average molecular weight is 374 g/mol. The number of aromatic nitrogens is 2. The van der Waals surface area contributed by atoms with Crippen molar-refractivity contribution in [1.82, 2.24) is 15.7 Å². The standard InChI is InChI=1S/C18H22N4O3S/c23-15(10-6-1-2-7-11-16(24)22-25)19-18-21-20-17(26-18)13-12-14-8-4-3-5-9-14/h3-5,8-9,12-13,25H,1-2,6-7,10-11H2,(H,22,24)(H,19,21,23). The van der Waals surface area contributed by atoms with E-state index in [4.69, 9.17) is 5.21 Å². The number of unbranched alkanes of at least 4 members (excludes halogenated alkanes) is 3. The van der Waals surface area contributed by atoms with Gasteiger partial charge < -0.3 is 5.32 Å². The number of amides is 2. The van der Waals surface area contributed by atoms with E-state index in [2.05, 4.69) is 15.5 Å². The number of hydrogen-bond donors (Lipinski definition) is 3. The van der Waals surface area contributed by atoms with Crippen LogP contribution in [0, 0.1) is 0 Å². The molecule has 0 saturated heterocycles. The van der Waals surface area contributed by atoms with E-state index >= 15 is 0 Å². The molecule has 8 heteroatoms. The highest BCUT2D eigenvalue weighted by atomic mass is 32.1. The molecule has 0 bridgehead atoms. The lowest BCUT2D eigenvalue weighted by molar-refractivity contribution is -0.129. The maximum Gasteiger partial charge on any atom is 0.243 e. The van der Waals surface area contributed by atoms with Crippen LogP contribution >= 0.6 is 11.3 Å². The highest BCUT2D eigenvalue weighted by Crippen LogP contribution is 2.18. The van der Waals surface area contributed by atoms with E-state index in [9.17, 15) is 9.59 Å². The average Bonchev–Trinajstić information content (AvgIpc) is 3.10. The monoisotopic (exact) mass is 374 g/mol. The van der Waals surface area contributed by atoms with Crippen LogP contribution < -0.4 is 10.8 Å². The minimum Gasteiger partial charge on any atom is -0.301 e. The van der Waals surface area contributed by atoms with Crippen molar-refractivity contribution < 1.29 is 14.8 Å². The number of carbonyl (C=O) groups excluding carboxylic acids is 2. The predicted molar refractivity (Wildman–Crippen MR) is 102 cm³/mol. The van der Waals surface area contributed by atoms with Gasteiger partial charge in [-0.2, -0.15) is 0 Å². The molecule has 2 aromatic rings. The van der Waals surface area contributed by atoms with E-state index in [0.29, 0.717) is 24.4 Å². The lowest BCUT2D eigenvalue weighted by Gasteiger charge is -2.01. The maximum absolute atomic E-state index is 11.9. The number of hydroxylamine groups is 1. The minimum atomic E-state index is -0.379. The van der Waals surface area contributed by atoms with Gasteiger partial charge in [-0.05, 0) is 24.5 Å². The summed E-state index contributed by atoms with van der Waals surface area (Å²) < 4.78 is 0. The van der Waals surface area contributed by atoms with Crippen LogP contribution in [0.3, 0.4) is 0 Å². The van der Waals surface area contributed by atoms with Gasteiger partial charge in [0, 0.05) is 12.8 Å². The van der Waals surface area contributed by atoms with Crippen LogP contribution in [0.25, 0.3) is 12.2 Å². The van der Waals surface area contributed by atoms with E-state index in [1.165, 1.54) is 11.3 Å². The Bertz CT molecular complexity index is 731. The molecule has 1 aromatic heterocycles. The minimum absolute atomic E-state index is 0.0900. The summed E-state index contributed by atoms with van der Waals surface area (Å²) in [5.74, 6) is -0.469. The molecule has 0 unspecified atom stereocenters. The molecule has 0 spiro atoms. The Kier molecular flexibility index (Phi) is 8.44. The van der Waals surface area contributed by atoms with Gasteiger partial charge >= 0.3 is 0 Å². The normalized spacial score (nSPS) is 10.8. The maximum atomic E-state index is 11.9. The molecule has 0 fully saturated rings. The smallest absolute Gasteiger partial charge is 0.243 e. The van der Waals surface area contributed by atoms with Gasteiger partial charge in [-0.25, -0.2) is 5.48 Å². The highest BCUT2D eigenvalue weighted by Gasteiger charge is 2.07. The summed E-state index contributed by atoms with van der Waals surface area (Å²) in [5.41, 5.74) is 2.68. The van der Waals surface area contributed by atoms with Crippen LogP contribution in [0.4, 0.5) is 5.13 Å². The first-order valence-corrected chi connectivity index (χ1v) is 9.28. The molecule has 2 rings (SSSR count). The lowest BCUT2D eigenvalue weighted by atomic mass is 10.1. The van der Waals surface area contributed by atoms with Crippen LogP contribution in [0.2, 0.25) is 0 Å². The lowest BCUT2D eigenvalue weighted by Crippen LogP contribution is -2.17. The number of nitrogens with one attached hydrogen (secondary N) is 2. The first-order valence-electron chi connectivity index (χ1n) is 8.47. The van der Waals surface area contributed by atoms with Crippen molar-refractivity contribution in [2.75, 3.05) is 5.32 Å². The molecule has 0 aliphatic rings. The van der Waals surface area contributed by atoms with Crippen LogP contribution in [-0.2, 0) is 9.59 Å². The van der Waals surface area contributed by atoms with Crippen LogP contribution in [0.5, 0.6) is 0 Å². The van der Waals surface area contributed by atoms with Gasteiger partial charge in [-0.15, -0.1) is 10.2 Å². The Morgan fingerprint density at radius 2 is 1.65 bits per heavy atom. The third-order valence-corrected chi connectivity index (χ3v) is 4.39. The topological polar surface area (TPSA) is 104 Å². The molecular formula is C18H22N4O3S. The predicted octanol–water partition coefficient (Wildman–Crippen LogP) is 3.49. The van der Waals surface area contributed by atoms with Crippen LogP contribution in [-0.4, -0.2) is 27.2 Å². The molecule has 2 amide bonds. The summed E-state index contributed by atoms with van der Waals surface area (Å²) in [6.07, 6.45) is 7.65. The largest absolute Gasteiger partial charge is 0.301 e. The van der Waals surface area contributed by atoms with Gasteiger partial charge in [0.05, 0.1) is 0 Å².